The van der Waals surface area contributed by atoms with E-state index < -0.39 is 5.97 Å². The first kappa shape index (κ1) is 11.2. The smallest absolute Gasteiger partial charge is 0.343 e. The zero-order chi connectivity index (χ0) is 11.6. The first-order valence-electron chi connectivity index (χ1n) is 4.27. The zero-order valence-electron chi connectivity index (χ0n) is 8.83. The van der Waals surface area contributed by atoms with Gasteiger partial charge >= 0.3 is 5.97 Å². The molecule has 15 heavy (non-hydrogen) atoms. The molecule has 0 aliphatic carbocycles. The zero-order valence-corrected chi connectivity index (χ0v) is 8.83. The van der Waals surface area contributed by atoms with E-state index in [-0.39, 0.29) is 22.7 Å². The molecule has 0 amide bonds. The van der Waals surface area contributed by atoms with E-state index in [0.29, 0.717) is 5.56 Å². The topological polar surface area (TPSA) is 81.8 Å². The number of phenolic OH excluding ortho intramolecular Hbond substituents is 1. The minimum absolute atomic E-state index is 0.0608. The van der Waals surface area contributed by atoms with Crippen molar-refractivity contribution in [3.8, 4) is 11.5 Å². The first-order valence-corrected chi connectivity index (χ1v) is 4.27. The van der Waals surface area contributed by atoms with Crippen molar-refractivity contribution in [2.75, 3.05) is 20.0 Å². The number of hydrogen-bond acceptors (Lipinski definition) is 5. The van der Waals surface area contributed by atoms with Crippen molar-refractivity contribution in [2.45, 2.75) is 6.92 Å². The lowest BCUT2D eigenvalue weighted by Gasteiger charge is -2.12. The minimum atomic E-state index is -0.688. The molecule has 3 N–H and O–H groups in total. The highest BCUT2D eigenvalue weighted by Crippen LogP contribution is 2.36. The summed E-state index contributed by atoms with van der Waals surface area (Å²) < 4.78 is 9.42. The van der Waals surface area contributed by atoms with Gasteiger partial charge in [0.2, 0.25) is 0 Å². The number of esters is 1. The third kappa shape index (κ3) is 1.81. The van der Waals surface area contributed by atoms with Crippen molar-refractivity contribution in [3.05, 3.63) is 17.2 Å². The van der Waals surface area contributed by atoms with Crippen LogP contribution in [0, 0.1) is 6.92 Å². The molecule has 0 fully saturated rings. The fourth-order valence-electron chi connectivity index (χ4n) is 1.25. The number of benzene rings is 1. The van der Waals surface area contributed by atoms with Gasteiger partial charge in [0.25, 0.3) is 0 Å². The Kier molecular flexibility index (Phi) is 3.04. The van der Waals surface area contributed by atoms with Crippen LogP contribution < -0.4 is 10.5 Å². The maximum Gasteiger partial charge on any atom is 0.343 e. The second-order valence-electron chi connectivity index (χ2n) is 3.02. The normalized spacial score (nSPS) is 9.80. The van der Waals surface area contributed by atoms with E-state index in [1.807, 2.05) is 0 Å². The Morgan fingerprint density at radius 3 is 2.53 bits per heavy atom. The molecule has 0 atom stereocenters. The molecule has 0 heterocycles. The van der Waals surface area contributed by atoms with Crippen molar-refractivity contribution >= 4 is 11.7 Å². The highest BCUT2D eigenvalue weighted by molar-refractivity contribution is 5.99. The van der Waals surface area contributed by atoms with E-state index in [1.54, 1.807) is 13.0 Å². The molecule has 0 saturated heterocycles. The predicted molar refractivity (Wildman–Crippen MR) is 55.1 cm³/mol. The Morgan fingerprint density at radius 1 is 1.47 bits per heavy atom. The molecular weight excluding hydrogens is 198 g/mol. The average molecular weight is 211 g/mol. The van der Waals surface area contributed by atoms with Crippen LogP contribution in [0.5, 0.6) is 11.5 Å². The molecule has 82 valence electrons. The van der Waals surface area contributed by atoms with Crippen molar-refractivity contribution in [1.29, 1.82) is 0 Å². The van der Waals surface area contributed by atoms with Crippen molar-refractivity contribution in [1.82, 2.24) is 0 Å². The Morgan fingerprint density at radius 2 is 2.07 bits per heavy atom. The maximum absolute atomic E-state index is 11.4. The van der Waals surface area contributed by atoms with Gasteiger partial charge in [0.15, 0.2) is 11.5 Å². The lowest BCUT2D eigenvalue weighted by Crippen LogP contribution is -2.08. The number of nitrogen functional groups attached to an aromatic ring is 1. The fourth-order valence-corrected chi connectivity index (χ4v) is 1.25. The van der Waals surface area contributed by atoms with E-state index in [2.05, 4.69) is 4.74 Å². The molecule has 0 aliphatic heterocycles. The number of hydrogen-bond donors (Lipinski definition) is 2. The van der Waals surface area contributed by atoms with E-state index in [9.17, 15) is 9.90 Å². The Bertz CT molecular complexity index is 401. The number of nitrogens with two attached hydrogens (primary N) is 1. The minimum Gasteiger partial charge on any atom is -0.504 e. The summed E-state index contributed by atoms with van der Waals surface area (Å²) in [7, 11) is 2.61. The molecule has 1 rings (SSSR count). The highest BCUT2D eigenvalue weighted by atomic mass is 16.5. The number of carbonyl (C=O) groups is 1. The number of phenols is 1. The second kappa shape index (κ2) is 4.08. The van der Waals surface area contributed by atoms with E-state index in [0.717, 1.165) is 0 Å². The molecule has 5 nitrogen and oxygen atoms in total. The SMILES string of the molecule is COC(=O)c1c(N)c(C)cc(OC)c1O. The van der Waals surface area contributed by atoms with E-state index in [4.69, 9.17) is 10.5 Å². The van der Waals surface area contributed by atoms with Crippen LogP contribution in [0.1, 0.15) is 15.9 Å². The largest absolute Gasteiger partial charge is 0.504 e. The quantitative estimate of drug-likeness (QED) is 0.565. The van der Waals surface area contributed by atoms with Crippen molar-refractivity contribution < 1.29 is 19.4 Å². The van der Waals surface area contributed by atoms with Crippen LogP contribution in [-0.4, -0.2) is 25.3 Å². The Hall–Kier alpha value is -1.91. The number of aromatic hydroxyl groups is 1. The Labute approximate surface area is 87.4 Å². The van der Waals surface area contributed by atoms with Crippen LogP contribution >= 0.6 is 0 Å². The number of ether oxygens (including phenoxy) is 2. The number of anilines is 1. The van der Waals surface area contributed by atoms with Crippen LogP contribution in [-0.2, 0) is 4.74 Å². The van der Waals surface area contributed by atoms with Gasteiger partial charge in [0, 0.05) is 0 Å². The van der Waals surface area contributed by atoms with Gasteiger partial charge < -0.3 is 20.3 Å². The summed E-state index contributed by atoms with van der Waals surface area (Å²) in [6, 6.07) is 1.55. The summed E-state index contributed by atoms with van der Waals surface area (Å²) in [6.07, 6.45) is 0. The van der Waals surface area contributed by atoms with Crippen LogP contribution in [0.4, 0.5) is 5.69 Å². The summed E-state index contributed by atoms with van der Waals surface area (Å²) in [5.74, 6) is -0.790. The van der Waals surface area contributed by atoms with Gasteiger partial charge in [-0.05, 0) is 18.6 Å². The second-order valence-corrected chi connectivity index (χ2v) is 3.02. The molecule has 1 aromatic rings. The van der Waals surface area contributed by atoms with Crippen molar-refractivity contribution in [2.24, 2.45) is 0 Å². The fraction of sp³-hybridized carbons (Fsp3) is 0.300. The van der Waals surface area contributed by atoms with E-state index >= 15 is 0 Å². The monoisotopic (exact) mass is 211 g/mol. The van der Waals surface area contributed by atoms with Gasteiger partial charge in [-0.2, -0.15) is 0 Å². The Balaban J connectivity index is 3.47. The van der Waals surface area contributed by atoms with Gasteiger partial charge in [-0.15, -0.1) is 0 Å². The number of methoxy groups -OCH3 is 2. The lowest BCUT2D eigenvalue weighted by atomic mass is 10.1. The third-order valence-electron chi connectivity index (χ3n) is 2.12. The number of carbonyl (C=O) groups excluding carboxylic acids is 1. The van der Waals surface area contributed by atoms with Gasteiger partial charge in [0.05, 0.1) is 19.9 Å². The van der Waals surface area contributed by atoms with Gasteiger partial charge in [-0.1, -0.05) is 0 Å². The first-order chi connectivity index (χ1) is 7.02. The van der Waals surface area contributed by atoms with Crippen LogP contribution in [0.2, 0.25) is 0 Å². The number of rotatable bonds is 2. The van der Waals surface area contributed by atoms with Crippen LogP contribution in [0.15, 0.2) is 6.07 Å². The molecule has 0 aliphatic rings. The molecule has 0 bridgehead atoms. The molecule has 0 radical (unpaired) electrons. The van der Waals surface area contributed by atoms with Crippen LogP contribution in [0.25, 0.3) is 0 Å². The summed E-state index contributed by atoms with van der Waals surface area (Å²) in [5.41, 5.74) is 6.44. The maximum atomic E-state index is 11.4. The molecule has 0 saturated carbocycles. The summed E-state index contributed by atoms with van der Waals surface area (Å²) in [5, 5.41) is 9.69. The molecule has 5 heteroatoms. The number of aryl methyl sites for hydroxylation is 1. The standard InChI is InChI=1S/C10H13NO4/c1-5-4-6(14-2)9(12)7(8(5)11)10(13)15-3/h4,12H,11H2,1-3H3. The summed E-state index contributed by atoms with van der Waals surface area (Å²) in [4.78, 5) is 11.4. The predicted octanol–water partition coefficient (Wildman–Crippen LogP) is 1.08. The third-order valence-corrected chi connectivity index (χ3v) is 2.12. The molecular formula is C10H13NO4. The molecule has 0 unspecified atom stereocenters. The lowest BCUT2D eigenvalue weighted by molar-refractivity contribution is 0.0598. The summed E-state index contributed by atoms with van der Waals surface area (Å²) in [6.45, 7) is 1.71. The van der Waals surface area contributed by atoms with Crippen molar-refractivity contribution in [3.63, 3.8) is 0 Å². The van der Waals surface area contributed by atoms with Crippen LogP contribution in [0.3, 0.4) is 0 Å². The molecule has 0 spiro atoms. The average Bonchev–Trinajstić information content (AvgIpc) is 2.23. The molecule has 1 aromatic carbocycles. The van der Waals surface area contributed by atoms with Gasteiger partial charge in [-0.25, -0.2) is 4.79 Å². The highest BCUT2D eigenvalue weighted by Gasteiger charge is 2.21. The van der Waals surface area contributed by atoms with Gasteiger partial charge in [-0.3, -0.25) is 0 Å². The van der Waals surface area contributed by atoms with Gasteiger partial charge in [0.1, 0.15) is 5.56 Å². The van der Waals surface area contributed by atoms with E-state index in [1.165, 1.54) is 14.2 Å². The summed E-state index contributed by atoms with van der Waals surface area (Å²) >= 11 is 0. The molecule has 0 aromatic heterocycles.